The van der Waals surface area contributed by atoms with Crippen LogP contribution in [0, 0.1) is 5.82 Å². The quantitative estimate of drug-likeness (QED) is 0.879. The van der Waals surface area contributed by atoms with Gasteiger partial charge in [0.05, 0.1) is 0 Å². The van der Waals surface area contributed by atoms with Crippen molar-refractivity contribution in [3.63, 3.8) is 0 Å². The van der Waals surface area contributed by atoms with Crippen LogP contribution < -0.4 is 11.1 Å². The highest BCUT2D eigenvalue weighted by atomic mass is 19.1. The van der Waals surface area contributed by atoms with Gasteiger partial charge in [-0.15, -0.1) is 0 Å². The number of hydrogen-bond acceptors (Lipinski definition) is 3. The first kappa shape index (κ1) is 13.0. The van der Waals surface area contributed by atoms with Crippen molar-refractivity contribution in [1.29, 1.82) is 0 Å². The molecule has 0 atom stereocenters. The molecule has 0 saturated heterocycles. The largest absolute Gasteiger partial charge is 0.384 e. The maximum absolute atomic E-state index is 13.4. The predicted molar refractivity (Wildman–Crippen MR) is 71.1 cm³/mol. The normalized spacial score (nSPS) is 10.2. The lowest BCUT2D eigenvalue weighted by atomic mass is 10.1. The molecule has 1 aromatic heterocycles. The van der Waals surface area contributed by atoms with Gasteiger partial charge in [0.25, 0.3) is 5.91 Å². The summed E-state index contributed by atoms with van der Waals surface area (Å²) in [6.07, 6.45) is 1.92. The van der Waals surface area contributed by atoms with Crippen molar-refractivity contribution < 1.29 is 9.18 Å². The number of aromatic nitrogens is 1. The van der Waals surface area contributed by atoms with Gasteiger partial charge in [-0.1, -0.05) is 18.2 Å². The zero-order chi connectivity index (χ0) is 13.7. The molecule has 2 aromatic rings. The highest BCUT2D eigenvalue weighted by molar-refractivity contribution is 5.94. The maximum atomic E-state index is 13.4. The van der Waals surface area contributed by atoms with Crippen LogP contribution in [-0.4, -0.2) is 17.4 Å². The first-order valence-corrected chi connectivity index (χ1v) is 5.90. The van der Waals surface area contributed by atoms with Gasteiger partial charge in [-0.25, -0.2) is 9.37 Å². The summed E-state index contributed by atoms with van der Waals surface area (Å²) in [6.45, 7) is 0.363. The molecule has 0 spiro atoms. The molecular weight excluding hydrogens is 245 g/mol. The van der Waals surface area contributed by atoms with Crippen LogP contribution in [0.3, 0.4) is 0 Å². The van der Waals surface area contributed by atoms with E-state index >= 15 is 0 Å². The molecule has 2 rings (SSSR count). The summed E-state index contributed by atoms with van der Waals surface area (Å²) in [5.74, 6) is -0.211. The van der Waals surface area contributed by atoms with Crippen LogP contribution in [0.5, 0.6) is 0 Å². The van der Waals surface area contributed by atoms with Gasteiger partial charge in [0.1, 0.15) is 11.6 Å². The van der Waals surface area contributed by atoms with Crippen LogP contribution in [0.2, 0.25) is 0 Å². The third-order valence-corrected chi connectivity index (χ3v) is 2.68. The van der Waals surface area contributed by atoms with Gasteiger partial charge in [0.15, 0.2) is 0 Å². The van der Waals surface area contributed by atoms with Crippen LogP contribution in [-0.2, 0) is 6.42 Å². The van der Waals surface area contributed by atoms with Crippen molar-refractivity contribution in [2.75, 3.05) is 12.3 Å². The first-order chi connectivity index (χ1) is 9.16. The van der Waals surface area contributed by atoms with Crippen molar-refractivity contribution in [1.82, 2.24) is 10.3 Å². The van der Waals surface area contributed by atoms with Gasteiger partial charge in [0, 0.05) is 18.3 Å². The molecule has 0 aliphatic carbocycles. The lowest BCUT2D eigenvalue weighted by Gasteiger charge is -2.06. The zero-order valence-electron chi connectivity index (χ0n) is 10.3. The summed E-state index contributed by atoms with van der Waals surface area (Å²) in [5, 5.41) is 2.71. The fraction of sp³-hybridized carbons (Fsp3) is 0.143. The second-order valence-electron chi connectivity index (χ2n) is 4.07. The van der Waals surface area contributed by atoms with Crippen LogP contribution in [0.4, 0.5) is 10.2 Å². The molecule has 0 fully saturated rings. The lowest BCUT2D eigenvalue weighted by molar-refractivity contribution is 0.0954. The van der Waals surface area contributed by atoms with Crippen LogP contribution in [0.25, 0.3) is 0 Å². The Morgan fingerprint density at radius 2 is 2.11 bits per heavy atom. The van der Waals surface area contributed by atoms with E-state index in [1.165, 1.54) is 18.3 Å². The van der Waals surface area contributed by atoms with Gasteiger partial charge >= 0.3 is 0 Å². The van der Waals surface area contributed by atoms with Gasteiger partial charge in [0.2, 0.25) is 0 Å². The molecule has 4 nitrogen and oxygen atoms in total. The highest BCUT2D eigenvalue weighted by Crippen LogP contribution is 2.07. The smallest absolute Gasteiger partial charge is 0.251 e. The van der Waals surface area contributed by atoms with Crippen LogP contribution in [0.15, 0.2) is 42.6 Å². The highest BCUT2D eigenvalue weighted by Gasteiger charge is 2.06. The summed E-state index contributed by atoms with van der Waals surface area (Å²) in [6, 6.07) is 9.58. The van der Waals surface area contributed by atoms with Crippen LogP contribution in [0.1, 0.15) is 15.9 Å². The number of hydrogen-bond donors (Lipinski definition) is 2. The van der Waals surface area contributed by atoms with Crippen molar-refractivity contribution in [3.05, 3.63) is 59.5 Å². The summed E-state index contributed by atoms with van der Waals surface area (Å²) >= 11 is 0. The fourth-order valence-corrected chi connectivity index (χ4v) is 1.70. The number of carbonyl (C=O) groups excluding carboxylic acids is 1. The molecule has 3 N–H and O–H groups in total. The van der Waals surface area contributed by atoms with Crippen LogP contribution >= 0.6 is 0 Å². The SMILES string of the molecule is Nc1cc(C(=O)NCCc2ccccc2F)ccn1. The molecule has 0 aliphatic rings. The monoisotopic (exact) mass is 259 g/mol. The lowest BCUT2D eigenvalue weighted by Crippen LogP contribution is -2.26. The van der Waals surface area contributed by atoms with E-state index in [4.69, 9.17) is 5.73 Å². The number of nitrogen functional groups attached to an aromatic ring is 1. The Morgan fingerprint density at radius 3 is 2.84 bits per heavy atom. The Labute approximate surface area is 110 Å². The molecule has 98 valence electrons. The number of benzene rings is 1. The predicted octanol–water partition coefficient (Wildman–Crippen LogP) is 1.78. The molecule has 0 unspecified atom stereocenters. The topological polar surface area (TPSA) is 68.0 Å². The molecule has 1 amide bonds. The molecular formula is C14H14FN3O. The average Bonchev–Trinajstić information content (AvgIpc) is 2.41. The molecule has 0 radical (unpaired) electrons. The van der Waals surface area contributed by atoms with E-state index in [-0.39, 0.29) is 11.7 Å². The number of nitrogens with one attached hydrogen (secondary N) is 1. The van der Waals surface area contributed by atoms with Crippen molar-refractivity contribution in [3.8, 4) is 0 Å². The zero-order valence-corrected chi connectivity index (χ0v) is 10.3. The maximum Gasteiger partial charge on any atom is 0.251 e. The number of halogens is 1. The minimum atomic E-state index is -0.259. The second kappa shape index (κ2) is 5.95. The first-order valence-electron chi connectivity index (χ1n) is 5.90. The second-order valence-corrected chi connectivity index (χ2v) is 4.07. The van der Waals surface area contributed by atoms with E-state index in [2.05, 4.69) is 10.3 Å². The van der Waals surface area contributed by atoms with E-state index in [1.54, 1.807) is 24.3 Å². The number of anilines is 1. The molecule has 1 aromatic carbocycles. The summed E-state index contributed by atoms with van der Waals surface area (Å²) in [7, 11) is 0. The number of carbonyl (C=O) groups is 1. The molecule has 1 heterocycles. The molecule has 5 heteroatoms. The fourth-order valence-electron chi connectivity index (χ4n) is 1.70. The Morgan fingerprint density at radius 1 is 1.32 bits per heavy atom. The molecule has 0 bridgehead atoms. The molecule has 19 heavy (non-hydrogen) atoms. The van der Waals surface area contributed by atoms with Crippen molar-refractivity contribution in [2.24, 2.45) is 0 Å². The summed E-state index contributed by atoms with van der Waals surface area (Å²) in [5.41, 5.74) is 6.52. The third-order valence-electron chi connectivity index (χ3n) is 2.68. The van der Waals surface area contributed by atoms with Gasteiger partial charge in [-0.05, 0) is 30.2 Å². The minimum Gasteiger partial charge on any atom is -0.384 e. The van der Waals surface area contributed by atoms with E-state index < -0.39 is 0 Å². The van der Waals surface area contributed by atoms with E-state index in [1.807, 2.05) is 0 Å². The van der Waals surface area contributed by atoms with Crippen molar-refractivity contribution in [2.45, 2.75) is 6.42 Å². The summed E-state index contributed by atoms with van der Waals surface area (Å²) in [4.78, 5) is 15.6. The average molecular weight is 259 g/mol. The minimum absolute atomic E-state index is 0.245. The number of pyridine rings is 1. The Balaban J connectivity index is 1.90. The Kier molecular flexibility index (Phi) is 4.07. The summed E-state index contributed by atoms with van der Waals surface area (Å²) < 4.78 is 13.4. The van der Waals surface area contributed by atoms with Gasteiger partial charge < -0.3 is 11.1 Å². The van der Waals surface area contributed by atoms with Gasteiger partial charge in [-0.2, -0.15) is 0 Å². The van der Waals surface area contributed by atoms with Crippen molar-refractivity contribution >= 4 is 11.7 Å². The number of nitrogens with zero attached hydrogens (tertiary/aromatic N) is 1. The Bertz CT molecular complexity index is 586. The third kappa shape index (κ3) is 3.51. The van der Waals surface area contributed by atoms with Gasteiger partial charge in [-0.3, -0.25) is 4.79 Å². The molecule has 0 saturated carbocycles. The van der Waals surface area contributed by atoms with E-state index in [9.17, 15) is 9.18 Å². The van der Waals surface area contributed by atoms with E-state index in [0.717, 1.165) is 0 Å². The number of nitrogens with two attached hydrogens (primary N) is 1. The number of rotatable bonds is 4. The van der Waals surface area contributed by atoms with E-state index in [0.29, 0.717) is 29.9 Å². The molecule has 0 aliphatic heterocycles. The Hall–Kier alpha value is -2.43. The number of amides is 1. The standard InChI is InChI=1S/C14H14FN3O/c15-12-4-2-1-3-10(12)5-8-18-14(19)11-6-7-17-13(16)9-11/h1-4,6-7,9H,5,8H2,(H2,16,17)(H,18,19).